The molecular formula is C18H15N9O. The van der Waals surface area contributed by atoms with Gasteiger partial charge in [0.25, 0.3) is 5.91 Å². The van der Waals surface area contributed by atoms with Gasteiger partial charge < -0.3 is 10.6 Å². The Bertz CT molecular complexity index is 1100. The van der Waals surface area contributed by atoms with Gasteiger partial charge in [-0.25, -0.2) is 19.9 Å². The Morgan fingerprint density at radius 3 is 2.68 bits per heavy atom. The number of anilines is 3. The summed E-state index contributed by atoms with van der Waals surface area (Å²) < 4.78 is 1.57. The third-order valence-corrected chi connectivity index (χ3v) is 3.75. The van der Waals surface area contributed by atoms with Gasteiger partial charge in [-0.15, -0.1) is 0 Å². The largest absolute Gasteiger partial charge is 0.322 e. The number of carbonyl (C=O) groups is 1. The maximum absolute atomic E-state index is 12.6. The Hall–Kier alpha value is -4.21. The van der Waals surface area contributed by atoms with Crippen LogP contribution in [-0.2, 0) is 7.05 Å². The van der Waals surface area contributed by atoms with E-state index >= 15 is 0 Å². The second-order valence-electron chi connectivity index (χ2n) is 5.73. The van der Waals surface area contributed by atoms with Crippen LogP contribution in [0.15, 0.2) is 61.4 Å². The van der Waals surface area contributed by atoms with Crippen LogP contribution in [0.1, 0.15) is 10.5 Å². The quantitative estimate of drug-likeness (QED) is 0.545. The summed E-state index contributed by atoms with van der Waals surface area (Å²) in [6.07, 6.45) is 7.77. The predicted molar refractivity (Wildman–Crippen MR) is 102 cm³/mol. The topological polar surface area (TPSA) is 123 Å². The average molecular weight is 373 g/mol. The molecule has 4 heterocycles. The van der Waals surface area contributed by atoms with Gasteiger partial charge in [0.1, 0.15) is 23.5 Å². The van der Waals surface area contributed by atoms with Crippen LogP contribution in [0, 0.1) is 0 Å². The van der Waals surface area contributed by atoms with Crippen molar-refractivity contribution in [3.63, 3.8) is 0 Å². The zero-order valence-electron chi connectivity index (χ0n) is 14.8. The summed E-state index contributed by atoms with van der Waals surface area (Å²) in [5, 5.41) is 10.1. The maximum Gasteiger partial charge on any atom is 0.275 e. The molecule has 2 N–H and O–H groups in total. The van der Waals surface area contributed by atoms with Crippen molar-refractivity contribution in [1.29, 1.82) is 0 Å². The fourth-order valence-electron chi connectivity index (χ4n) is 2.44. The lowest BCUT2D eigenvalue weighted by Crippen LogP contribution is -2.16. The van der Waals surface area contributed by atoms with Crippen LogP contribution in [0.2, 0.25) is 0 Å². The van der Waals surface area contributed by atoms with Crippen molar-refractivity contribution in [3.05, 3.63) is 67.1 Å². The number of pyridine rings is 1. The molecule has 0 aliphatic carbocycles. The molecule has 28 heavy (non-hydrogen) atoms. The lowest BCUT2D eigenvalue weighted by Gasteiger charge is -2.07. The van der Waals surface area contributed by atoms with E-state index in [1.807, 2.05) is 18.2 Å². The van der Waals surface area contributed by atoms with Crippen LogP contribution in [0.5, 0.6) is 0 Å². The van der Waals surface area contributed by atoms with Crippen LogP contribution in [0.4, 0.5) is 17.5 Å². The van der Waals surface area contributed by atoms with Gasteiger partial charge in [0.15, 0.2) is 0 Å². The molecule has 0 spiro atoms. The minimum atomic E-state index is -0.384. The first kappa shape index (κ1) is 17.2. The van der Waals surface area contributed by atoms with Crippen LogP contribution < -0.4 is 10.6 Å². The number of hydrogen-bond donors (Lipinski definition) is 2. The zero-order chi connectivity index (χ0) is 19.3. The van der Waals surface area contributed by atoms with Crippen LogP contribution in [-0.4, -0.2) is 40.6 Å². The van der Waals surface area contributed by atoms with Gasteiger partial charge >= 0.3 is 0 Å². The molecule has 10 heteroatoms. The third kappa shape index (κ3) is 3.80. The molecule has 0 atom stereocenters. The molecule has 0 radical (unpaired) electrons. The van der Waals surface area contributed by atoms with Crippen molar-refractivity contribution in [2.75, 3.05) is 10.6 Å². The van der Waals surface area contributed by atoms with Gasteiger partial charge in [-0.1, -0.05) is 6.07 Å². The summed E-state index contributed by atoms with van der Waals surface area (Å²) in [4.78, 5) is 33.0. The van der Waals surface area contributed by atoms with Gasteiger partial charge in [-0.3, -0.25) is 14.5 Å². The van der Waals surface area contributed by atoms with E-state index < -0.39 is 0 Å². The number of hydrogen-bond acceptors (Lipinski definition) is 8. The second-order valence-corrected chi connectivity index (χ2v) is 5.73. The third-order valence-electron chi connectivity index (χ3n) is 3.75. The van der Waals surface area contributed by atoms with Crippen molar-refractivity contribution < 1.29 is 4.79 Å². The van der Waals surface area contributed by atoms with Gasteiger partial charge in [0, 0.05) is 25.5 Å². The van der Waals surface area contributed by atoms with Crippen molar-refractivity contribution in [2.24, 2.45) is 7.05 Å². The number of rotatable bonds is 5. The van der Waals surface area contributed by atoms with E-state index in [0.717, 1.165) is 5.69 Å². The highest BCUT2D eigenvalue weighted by Gasteiger charge is 2.14. The molecule has 0 fully saturated rings. The fraction of sp³-hybridized carbons (Fsp3) is 0.0556. The molecule has 4 aromatic rings. The number of aromatic nitrogens is 7. The summed E-state index contributed by atoms with van der Waals surface area (Å²) >= 11 is 0. The average Bonchev–Trinajstić information content (AvgIpc) is 3.10. The van der Waals surface area contributed by atoms with E-state index in [2.05, 4.69) is 40.7 Å². The van der Waals surface area contributed by atoms with E-state index in [4.69, 9.17) is 0 Å². The van der Waals surface area contributed by atoms with Gasteiger partial charge in [-0.2, -0.15) is 5.10 Å². The number of carbonyl (C=O) groups excluding carboxylic acids is 1. The van der Waals surface area contributed by atoms with E-state index in [-0.39, 0.29) is 17.5 Å². The van der Waals surface area contributed by atoms with Gasteiger partial charge in [0.2, 0.25) is 5.95 Å². The highest BCUT2D eigenvalue weighted by Crippen LogP contribution is 2.19. The Labute approximate surface area is 159 Å². The normalized spacial score (nSPS) is 10.5. The molecule has 0 aliphatic heterocycles. The lowest BCUT2D eigenvalue weighted by atomic mass is 10.3. The minimum Gasteiger partial charge on any atom is -0.322 e. The van der Waals surface area contributed by atoms with Gasteiger partial charge in [0.05, 0.1) is 23.8 Å². The molecule has 4 aromatic heterocycles. The Kier molecular flexibility index (Phi) is 4.66. The lowest BCUT2D eigenvalue weighted by molar-refractivity contribution is 0.102. The van der Waals surface area contributed by atoms with Crippen molar-refractivity contribution in [3.8, 4) is 11.4 Å². The van der Waals surface area contributed by atoms with E-state index in [1.54, 1.807) is 36.4 Å². The first-order valence-corrected chi connectivity index (χ1v) is 8.31. The molecule has 10 nitrogen and oxygen atoms in total. The van der Waals surface area contributed by atoms with Crippen LogP contribution >= 0.6 is 0 Å². The number of aryl methyl sites for hydroxylation is 1. The van der Waals surface area contributed by atoms with Crippen molar-refractivity contribution in [2.45, 2.75) is 0 Å². The molecule has 0 bridgehead atoms. The summed E-state index contributed by atoms with van der Waals surface area (Å²) in [5.41, 5.74) is 2.20. The summed E-state index contributed by atoms with van der Waals surface area (Å²) in [5.74, 6) is 0.405. The molecule has 0 saturated carbocycles. The highest BCUT2D eigenvalue weighted by molar-refractivity contribution is 6.02. The molecule has 0 saturated heterocycles. The number of amides is 1. The Balaban J connectivity index is 1.51. The number of nitrogens with one attached hydrogen (secondary N) is 2. The molecule has 1 amide bonds. The monoisotopic (exact) mass is 373 g/mol. The van der Waals surface area contributed by atoms with Crippen molar-refractivity contribution >= 4 is 23.4 Å². The van der Waals surface area contributed by atoms with Crippen LogP contribution in [0.3, 0.4) is 0 Å². The first-order chi connectivity index (χ1) is 13.7. The Morgan fingerprint density at radius 2 is 1.89 bits per heavy atom. The summed E-state index contributed by atoms with van der Waals surface area (Å²) in [7, 11) is 1.74. The number of nitrogens with zero attached hydrogens (tertiary/aromatic N) is 7. The van der Waals surface area contributed by atoms with Gasteiger partial charge in [-0.05, 0) is 18.2 Å². The molecule has 4 rings (SSSR count). The summed E-state index contributed by atoms with van der Waals surface area (Å²) in [6.45, 7) is 0. The molecular weight excluding hydrogens is 358 g/mol. The summed E-state index contributed by atoms with van der Waals surface area (Å²) in [6, 6.07) is 8.84. The molecule has 138 valence electrons. The van der Waals surface area contributed by atoms with E-state index in [9.17, 15) is 4.79 Å². The molecule has 0 aliphatic rings. The van der Waals surface area contributed by atoms with Crippen LogP contribution in [0.25, 0.3) is 11.4 Å². The maximum atomic E-state index is 12.6. The SMILES string of the molecule is Cn1nc(-c2ccccn2)cc1NC(=O)c1ccnc(Nc2cncnc2)n1. The molecule has 0 unspecified atom stereocenters. The standard InChI is InChI=1S/C18H15N9O/c1-27-16(8-15(26-27)13-4-2-3-6-21-13)25-17(28)14-5-7-22-18(24-14)23-12-9-19-11-20-10-12/h2-11H,1H3,(H,25,28)(H,22,23,24). The second kappa shape index (κ2) is 7.58. The van der Waals surface area contributed by atoms with E-state index in [1.165, 1.54) is 18.6 Å². The fourth-order valence-corrected chi connectivity index (χ4v) is 2.44. The minimum absolute atomic E-state index is 0.204. The first-order valence-electron chi connectivity index (χ1n) is 8.31. The smallest absolute Gasteiger partial charge is 0.275 e. The Morgan fingerprint density at radius 1 is 1.04 bits per heavy atom. The zero-order valence-corrected chi connectivity index (χ0v) is 14.8. The molecule has 0 aromatic carbocycles. The van der Waals surface area contributed by atoms with Crippen molar-refractivity contribution in [1.82, 2.24) is 34.7 Å². The highest BCUT2D eigenvalue weighted by atomic mass is 16.2. The predicted octanol–water partition coefficient (Wildman–Crippen LogP) is 2.06. The van der Waals surface area contributed by atoms with E-state index in [0.29, 0.717) is 17.2 Å².